The average Bonchev–Trinajstić information content (AvgIpc) is 2.84. The predicted octanol–water partition coefficient (Wildman–Crippen LogP) is 6.56. The summed E-state index contributed by atoms with van der Waals surface area (Å²) in [6, 6.07) is 13.8. The number of amides is 1. The normalized spacial score (nSPS) is 14.3. The van der Waals surface area contributed by atoms with Crippen molar-refractivity contribution in [2.45, 2.75) is 66.2 Å². The number of ether oxygens (including phenoxy) is 1. The first-order valence-electron chi connectivity index (χ1n) is 12.5. The van der Waals surface area contributed by atoms with Gasteiger partial charge in [-0.1, -0.05) is 35.9 Å². The largest absolute Gasteiger partial charge is 0.479 e. The van der Waals surface area contributed by atoms with Crippen molar-refractivity contribution in [2.75, 3.05) is 6.54 Å². The lowest BCUT2D eigenvalue weighted by Gasteiger charge is -2.35. The zero-order valence-corrected chi connectivity index (χ0v) is 22.3. The molecule has 6 heteroatoms. The van der Waals surface area contributed by atoms with E-state index in [2.05, 4.69) is 0 Å². The molecule has 1 N–H and O–H groups in total. The van der Waals surface area contributed by atoms with Crippen LogP contribution in [0.5, 0.6) is 0 Å². The fourth-order valence-electron chi connectivity index (χ4n) is 5.21. The number of fused-ring (bicyclic) bond motifs is 1. The molecule has 1 amide bonds. The lowest BCUT2D eigenvalue weighted by Crippen LogP contribution is -2.37. The second-order valence-electron chi connectivity index (χ2n) is 10.8. The van der Waals surface area contributed by atoms with E-state index in [1.807, 2.05) is 65.8 Å². The summed E-state index contributed by atoms with van der Waals surface area (Å²) in [5.74, 6) is -1.76. The van der Waals surface area contributed by atoms with Crippen molar-refractivity contribution in [3.63, 3.8) is 0 Å². The van der Waals surface area contributed by atoms with Gasteiger partial charge >= 0.3 is 5.97 Å². The molecular weight excluding hydrogens is 469 g/mol. The van der Waals surface area contributed by atoms with Crippen molar-refractivity contribution in [1.29, 1.82) is 0 Å². The van der Waals surface area contributed by atoms with Gasteiger partial charge in [0.15, 0.2) is 6.10 Å². The van der Waals surface area contributed by atoms with E-state index in [4.69, 9.17) is 4.74 Å². The van der Waals surface area contributed by atoms with Crippen LogP contribution in [0.4, 0.5) is 4.39 Å². The molecule has 194 valence electrons. The van der Waals surface area contributed by atoms with Crippen molar-refractivity contribution in [3.05, 3.63) is 93.3 Å². The molecule has 0 bridgehead atoms. The zero-order valence-electron chi connectivity index (χ0n) is 22.3. The molecule has 0 aliphatic carbocycles. The maximum absolute atomic E-state index is 13.8. The molecule has 3 aromatic carbocycles. The molecule has 0 saturated carbocycles. The Morgan fingerprint density at radius 3 is 2.27 bits per heavy atom. The predicted molar refractivity (Wildman–Crippen MR) is 142 cm³/mol. The Morgan fingerprint density at radius 1 is 1.00 bits per heavy atom. The third kappa shape index (κ3) is 5.44. The molecule has 0 aromatic heterocycles. The monoisotopic (exact) mass is 503 g/mol. The molecule has 1 unspecified atom stereocenters. The van der Waals surface area contributed by atoms with E-state index < -0.39 is 23.5 Å². The number of aryl methyl sites for hydroxylation is 1. The number of hydrogen-bond acceptors (Lipinski definition) is 3. The van der Waals surface area contributed by atoms with Crippen LogP contribution in [0, 0.1) is 26.6 Å². The number of carbonyl (C=O) groups is 2. The fourth-order valence-corrected chi connectivity index (χ4v) is 5.21. The van der Waals surface area contributed by atoms with Gasteiger partial charge in [0, 0.05) is 24.2 Å². The molecule has 0 saturated heterocycles. The first-order chi connectivity index (χ1) is 17.4. The molecular formula is C31H34FNO4. The van der Waals surface area contributed by atoms with Crippen LogP contribution < -0.4 is 0 Å². The van der Waals surface area contributed by atoms with E-state index in [1.165, 1.54) is 18.2 Å². The number of nitrogens with zero attached hydrogens (tertiary/aromatic N) is 1. The van der Waals surface area contributed by atoms with Crippen molar-refractivity contribution >= 4 is 11.9 Å². The van der Waals surface area contributed by atoms with Gasteiger partial charge in [0.2, 0.25) is 0 Å². The standard InChI is InChI=1S/C31H34FNO4/c1-18-10-12-21(13-11-18)26-19(2)24-14-15-33(29(34)22-8-7-9-23(32)16-22)17-25(24)20(3)27(26)28(30(35)36)37-31(4,5)6/h7-13,16,28H,14-15,17H2,1-6H3,(H,35,36). The van der Waals surface area contributed by atoms with E-state index in [0.717, 1.165) is 38.9 Å². The summed E-state index contributed by atoms with van der Waals surface area (Å²) in [7, 11) is 0. The summed E-state index contributed by atoms with van der Waals surface area (Å²) >= 11 is 0. The second-order valence-corrected chi connectivity index (χ2v) is 10.8. The van der Waals surface area contributed by atoms with Crippen LogP contribution in [-0.2, 0) is 22.5 Å². The quantitative estimate of drug-likeness (QED) is 0.428. The van der Waals surface area contributed by atoms with Crippen molar-refractivity contribution in [3.8, 4) is 11.1 Å². The molecule has 0 fully saturated rings. The number of rotatable bonds is 5. The van der Waals surface area contributed by atoms with Crippen LogP contribution in [-0.4, -0.2) is 34.0 Å². The third-order valence-electron chi connectivity index (χ3n) is 6.96. The van der Waals surface area contributed by atoms with Gasteiger partial charge in [-0.2, -0.15) is 0 Å². The van der Waals surface area contributed by atoms with Crippen LogP contribution >= 0.6 is 0 Å². The lowest BCUT2D eigenvalue weighted by molar-refractivity contribution is -0.160. The zero-order chi connectivity index (χ0) is 27.1. The van der Waals surface area contributed by atoms with Crippen molar-refractivity contribution in [1.82, 2.24) is 4.90 Å². The molecule has 5 nitrogen and oxygen atoms in total. The van der Waals surface area contributed by atoms with Crippen LogP contribution in [0.25, 0.3) is 11.1 Å². The van der Waals surface area contributed by atoms with E-state index >= 15 is 0 Å². The highest BCUT2D eigenvalue weighted by atomic mass is 19.1. The van der Waals surface area contributed by atoms with E-state index in [-0.39, 0.29) is 5.91 Å². The number of hydrogen-bond donors (Lipinski definition) is 1. The second kappa shape index (κ2) is 10.1. The highest BCUT2D eigenvalue weighted by Gasteiger charge is 2.35. The van der Waals surface area contributed by atoms with Crippen LogP contribution in [0.2, 0.25) is 0 Å². The molecule has 0 spiro atoms. The summed E-state index contributed by atoms with van der Waals surface area (Å²) in [5, 5.41) is 10.3. The van der Waals surface area contributed by atoms with Gasteiger partial charge in [-0.25, -0.2) is 9.18 Å². The van der Waals surface area contributed by atoms with E-state index in [0.29, 0.717) is 30.6 Å². The van der Waals surface area contributed by atoms with Crippen LogP contribution in [0.15, 0.2) is 48.5 Å². The van der Waals surface area contributed by atoms with Crippen LogP contribution in [0.1, 0.15) is 70.6 Å². The number of aliphatic carboxylic acids is 1. The third-order valence-corrected chi connectivity index (χ3v) is 6.96. The Labute approximate surface area is 217 Å². The van der Waals surface area contributed by atoms with Gasteiger partial charge in [0.1, 0.15) is 5.82 Å². The molecule has 0 radical (unpaired) electrons. The molecule has 1 aliphatic rings. The van der Waals surface area contributed by atoms with Gasteiger partial charge in [0.05, 0.1) is 5.60 Å². The number of carboxylic acids is 1. The number of carboxylic acid groups (broad SMARTS) is 1. The summed E-state index contributed by atoms with van der Waals surface area (Å²) in [5.41, 5.74) is 7.02. The molecule has 3 aromatic rings. The summed E-state index contributed by atoms with van der Waals surface area (Å²) in [6.07, 6.45) is -0.560. The number of carbonyl (C=O) groups excluding carboxylic acids is 1. The Bertz CT molecular complexity index is 1360. The SMILES string of the molecule is Cc1ccc(-c2c(C)c3c(c(C)c2C(OC(C)(C)C)C(=O)O)CN(C(=O)c2cccc(F)c2)CC3)cc1. The van der Waals surface area contributed by atoms with Gasteiger partial charge in [-0.05, 0) is 99.5 Å². The maximum Gasteiger partial charge on any atom is 0.337 e. The smallest absolute Gasteiger partial charge is 0.337 e. The first-order valence-corrected chi connectivity index (χ1v) is 12.5. The molecule has 1 aliphatic heterocycles. The Kier molecular flexibility index (Phi) is 7.24. The minimum Gasteiger partial charge on any atom is -0.479 e. The minimum atomic E-state index is -1.19. The molecule has 1 heterocycles. The van der Waals surface area contributed by atoms with Gasteiger partial charge in [-0.3, -0.25) is 4.79 Å². The Hall–Kier alpha value is -3.51. The topological polar surface area (TPSA) is 66.8 Å². The average molecular weight is 504 g/mol. The van der Waals surface area contributed by atoms with Crippen molar-refractivity contribution < 1.29 is 23.8 Å². The summed E-state index contributed by atoms with van der Waals surface area (Å²) in [6.45, 7) is 12.3. The van der Waals surface area contributed by atoms with Gasteiger partial charge in [0.25, 0.3) is 5.91 Å². The molecule has 1 atom stereocenters. The number of benzene rings is 3. The van der Waals surface area contributed by atoms with Crippen molar-refractivity contribution in [2.24, 2.45) is 0 Å². The van der Waals surface area contributed by atoms with Gasteiger partial charge in [-0.15, -0.1) is 0 Å². The lowest BCUT2D eigenvalue weighted by atomic mass is 9.80. The highest BCUT2D eigenvalue weighted by Crippen LogP contribution is 2.42. The van der Waals surface area contributed by atoms with E-state index in [9.17, 15) is 19.1 Å². The Morgan fingerprint density at radius 2 is 1.68 bits per heavy atom. The fraction of sp³-hybridized carbons (Fsp3) is 0.355. The van der Waals surface area contributed by atoms with E-state index in [1.54, 1.807) is 11.0 Å². The first kappa shape index (κ1) is 26.6. The molecule has 4 rings (SSSR count). The highest BCUT2D eigenvalue weighted by molar-refractivity contribution is 5.94. The minimum absolute atomic E-state index is 0.243. The Balaban J connectivity index is 1.89. The molecule has 37 heavy (non-hydrogen) atoms. The summed E-state index contributed by atoms with van der Waals surface area (Å²) < 4.78 is 19.9. The summed E-state index contributed by atoms with van der Waals surface area (Å²) in [4.78, 5) is 27.6. The van der Waals surface area contributed by atoms with Gasteiger partial charge < -0.3 is 14.7 Å². The maximum atomic E-state index is 13.8. The van der Waals surface area contributed by atoms with Crippen LogP contribution in [0.3, 0.4) is 0 Å². The number of halogens is 1.